The van der Waals surface area contributed by atoms with Gasteiger partial charge in [0.05, 0.1) is 0 Å². The minimum absolute atomic E-state index is 0.300. The number of amides is 1. The van der Waals surface area contributed by atoms with Crippen molar-refractivity contribution in [3.8, 4) is 5.75 Å². The predicted molar refractivity (Wildman–Crippen MR) is 65.4 cm³/mol. The highest BCUT2D eigenvalue weighted by Gasteiger charge is 2.19. The topological polar surface area (TPSA) is 52.3 Å². The second-order valence-electron chi connectivity index (χ2n) is 3.91. The van der Waals surface area contributed by atoms with E-state index in [1.807, 2.05) is 0 Å². The summed E-state index contributed by atoms with van der Waals surface area (Å²) in [6.07, 6.45) is -1.05. The number of benzene rings is 2. The van der Waals surface area contributed by atoms with Crippen LogP contribution in [-0.4, -0.2) is 5.91 Å². The van der Waals surface area contributed by atoms with Crippen LogP contribution in [0.1, 0.15) is 11.7 Å². The molecule has 2 rings (SSSR count). The second kappa shape index (κ2) is 5.48. The predicted octanol–water partition coefficient (Wildman–Crippen LogP) is 2.57. The molecule has 2 aromatic rings. The molecule has 98 valence electrons. The molecular weight excluding hydrogens is 252 g/mol. The van der Waals surface area contributed by atoms with Crippen molar-refractivity contribution < 1.29 is 18.3 Å². The summed E-state index contributed by atoms with van der Waals surface area (Å²) in [5.74, 6) is -1.25. The van der Waals surface area contributed by atoms with Crippen molar-refractivity contribution in [2.75, 3.05) is 0 Å². The van der Waals surface area contributed by atoms with Crippen LogP contribution in [0.4, 0.5) is 8.78 Å². The van der Waals surface area contributed by atoms with Gasteiger partial charge in [-0.3, -0.25) is 4.79 Å². The van der Waals surface area contributed by atoms with E-state index in [2.05, 4.69) is 0 Å². The third-order valence-corrected chi connectivity index (χ3v) is 2.50. The maximum Gasteiger partial charge on any atom is 0.263 e. The molecule has 1 atom stereocenters. The molecule has 0 aliphatic carbocycles. The van der Waals surface area contributed by atoms with Gasteiger partial charge in [0.25, 0.3) is 5.91 Å². The van der Waals surface area contributed by atoms with Gasteiger partial charge in [0, 0.05) is 5.56 Å². The molecule has 0 radical (unpaired) electrons. The summed E-state index contributed by atoms with van der Waals surface area (Å²) in [6.45, 7) is 0. The summed E-state index contributed by atoms with van der Waals surface area (Å²) < 4.78 is 31.0. The standard InChI is InChI=1S/C14H11F2NO2/c15-10-3-1-9(2-4-10)13(14(17)18)19-12-7-5-11(16)6-8-12/h1-8,13H,(H2,17,18). The molecule has 19 heavy (non-hydrogen) atoms. The molecule has 0 aliphatic heterocycles. The van der Waals surface area contributed by atoms with E-state index in [4.69, 9.17) is 10.5 Å². The maximum atomic E-state index is 12.8. The molecule has 0 fully saturated rings. The first kappa shape index (κ1) is 13.0. The zero-order chi connectivity index (χ0) is 13.8. The van der Waals surface area contributed by atoms with Crippen LogP contribution in [0.25, 0.3) is 0 Å². The number of carbonyl (C=O) groups excluding carboxylic acids is 1. The molecule has 0 spiro atoms. The SMILES string of the molecule is NC(=O)C(Oc1ccc(F)cc1)c1ccc(F)cc1. The van der Waals surface area contributed by atoms with E-state index in [0.29, 0.717) is 11.3 Å². The van der Waals surface area contributed by atoms with Crippen molar-refractivity contribution in [3.63, 3.8) is 0 Å². The Hall–Kier alpha value is -2.43. The number of carbonyl (C=O) groups is 1. The van der Waals surface area contributed by atoms with Crippen LogP contribution < -0.4 is 10.5 Å². The van der Waals surface area contributed by atoms with Gasteiger partial charge < -0.3 is 10.5 Å². The summed E-state index contributed by atoms with van der Waals surface area (Å²) in [6, 6.07) is 10.4. The Labute approximate surface area is 108 Å². The molecule has 1 unspecified atom stereocenters. The van der Waals surface area contributed by atoms with Crippen LogP contribution in [0, 0.1) is 11.6 Å². The number of hydrogen-bond acceptors (Lipinski definition) is 2. The molecular formula is C14H11F2NO2. The zero-order valence-corrected chi connectivity index (χ0v) is 9.85. The van der Waals surface area contributed by atoms with Gasteiger partial charge in [0.1, 0.15) is 17.4 Å². The molecule has 3 nitrogen and oxygen atoms in total. The van der Waals surface area contributed by atoms with E-state index in [-0.39, 0.29) is 0 Å². The van der Waals surface area contributed by atoms with Crippen LogP contribution in [0.2, 0.25) is 0 Å². The van der Waals surface area contributed by atoms with Crippen molar-refractivity contribution in [1.82, 2.24) is 0 Å². The molecule has 1 amide bonds. The Morgan fingerprint density at radius 2 is 1.42 bits per heavy atom. The van der Waals surface area contributed by atoms with Gasteiger partial charge in [0.2, 0.25) is 6.10 Å². The molecule has 0 heterocycles. The van der Waals surface area contributed by atoms with E-state index in [1.165, 1.54) is 48.5 Å². The summed E-state index contributed by atoms with van der Waals surface area (Å²) in [4.78, 5) is 11.4. The van der Waals surface area contributed by atoms with Crippen molar-refractivity contribution in [2.45, 2.75) is 6.10 Å². The van der Waals surface area contributed by atoms with Gasteiger partial charge >= 0.3 is 0 Å². The first-order chi connectivity index (χ1) is 9.06. The fourth-order valence-corrected chi connectivity index (χ4v) is 1.58. The average Bonchev–Trinajstić information content (AvgIpc) is 2.39. The van der Waals surface area contributed by atoms with Gasteiger partial charge in [-0.2, -0.15) is 0 Å². The third-order valence-electron chi connectivity index (χ3n) is 2.50. The molecule has 2 N–H and O–H groups in total. The molecule has 0 saturated heterocycles. The fourth-order valence-electron chi connectivity index (χ4n) is 1.58. The van der Waals surface area contributed by atoms with Crippen molar-refractivity contribution in [3.05, 3.63) is 65.7 Å². The minimum Gasteiger partial charge on any atom is -0.476 e. The Bertz CT molecular complexity index is 567. The normalized spacial score (nSPS) is 11.9. The highest BCUT2D eigenvalue weighted by Crippen LogP contribution is 2.22. The van der Waals surface area contributed by atoms with Crippen molar-refractivity contribution in [1.29, 1.82) is 0 Å². The van der Waals surface area contributed by atoms with Gasteiger partial charge in [-0.05, 0) is 36.4 Å². The van der Waals surface area contributed by atoms with Gasteiger partial charge in [-0.25, -0.2) is 8.78 Å². The summed E-state index contributed by atoms with van der Waals surface area (Å²) in [7, 11) is 0. The van der Waals surface area contributed by atoms with Crippen molar-refractivity contribution in [2.24, 2.45) is 5.73 Å². The van der Waals surface area contributed by atoms with Crippen LogP contribution in [-0.2, 0) is 4.79 Å². The molecule has 0 aromatic heterocycles. The number of nitrogens with two attached hydrogens (primary N) is 1. The summed E-state index contributed by atoms with van der Waals surface area (Å²) >= 11 is 0. The first-order valence-corrected chi connectivity index (χ1v) is 5.53. The molecule has 0 saturated carbocycles. The lowest BCUT2D eigenvalue weighted by Crippen LogP contribution is -2.26. The number of ether oxygens (including phenoxy) is 1. The Morgan fingerprint density at radius 1 is 0.947 bits per heavy atom. The lowest BCUT2D eigenvalue weighted by Gasteiger charge is -2.16. The molecule has 0 bridgehead atoms. The lowest BCUT2D eigenvalue weighted by molar-refractivity contribution is -0.125. The zero-order valence-electron chi connectivity index (χ0n) is 9.85. The lowest BCUT2D eigenvalue weighted by atomic mass is 10.1. The first-order valence-electron chi connectivity index (χ1n) is 5.53. The smallest absolute Gasteiger partial charge is 0.263 e. The monoisotopic (exact) mass is 263 g/mol. The van der Waals surface area contributed by atoms with Gasteiger partial charge in [-0.15, -0.1) is 0 Å². The van der Waals surface area contributed by atoms with Crippen LogP contribution in [0.3, 0.4) is 0 Å². The number of primary amides is 1. The van der Waals surface area contributed by atoms with E-state index in [1.54, 1.807) is 0 Å². The number of rotatable bonds is 4. The quantitative estimate of drug-likeness (QED) is 0.921. The van der Waals surface area contributed by atoms with E-state index < -0.39 is 23.6 Å². The van der Waals surface area contributed by atoms with Crippen LogP contribution >= 0.6 is 0 Å². The van der Waals surface area contributed by atoms with E-state index in [9.17, 15) is 13.6 Å². The minimum atomic E-state index is -1.05. The Balaban J connectivity index is 2.23. The maximum absolute atomic E-state index is 12.8. The molecule has 5 heteroatoms. The van der Waals surface area contributed by atoms with Gasteiger partial charge in [-0.1, -0.05) is 12.1 Å². The Kier molecular flexibility index (Phi) is 3.75. The number of halogens is 2. The highest BCUT2D eigenvalue weighted by molar-refractivity contribution is 5.80. The highest BCUT2D eigenvalue weighted by atomic mass is 19.1. The largest absolute Gasteiger partial charge is 0.476 e. The van der Waals surface area contributed by atoms with Gasteiger partial charge in [0.15, 0.2) is 0 Å². The fraction of sp³-hybridized carbons (Fsp3) is 0.0714. The Morgan fingerprint density at radius 3 is 1.89 bits per heavy atom. The summed E-state index contributed by atoms with van der Waals surface area (Å²) in [5, 5.41) is 0. The second-order valence-corrected chi connectivity index (χ2v) is 3.91. The third kappa shape index (κ3) is 3.28. The molecule has 0 aliphatic rings. The van der Waals surface area contributed by atoms with E-state index >= 15 is 0 Å². The van der Waals surface area contributed by atoms with Crippen LogP contribution in [0.5, 0.6) is 5.75 Å². The molecule has 2 aromatic carbocycles. The summed E-state index contributed by atoms with van der Waals surface area (Å²) in [5.41, 5.74) is 5.68. The number of hydrogen-bond donors (Lipinski definition) is 1. The average molecular weight is 263 g/mol. The van der Waals surface area contributed by atoms with E-state index in [0.717, 1.165) is 0 Å². The van der Waals surface area contributed by atoms with Crippen LogP contribution in [0.15, 0.2) is 48.5 Å². The van der Waals surface area contributed by atoms with Crippen molar-refractivity contribution >= 4 is 5.91 Å².